The molecule has 3 aromatic rings. The van der Waals surface area contributed by atoms with E-state index in [2.05, 4.69) is 15.3 Å². The molecule has 4 rings (SSSR count). The zero-order chi connectivity index (χ0) is 23.3. The Bertz CT molecular complexity index is 1150. The van der Waals surface area contributed by atoms with Gasteiger partial charge in [-0.05, 0) is 67.7 Å². The lowest BCUT2D eigenvalue weighted by Gasteiger charge is -2.20. The van der Waals surface area contributed by atoms with E-state index >= 15 is 0 Å². The molecule has 0 spiro atoms. The molecule has 176 valence electrons. The van der Waals surface area contributed by atoms with Gasteiger partial charge >= 0.3 is 0 Å². The highest BCUT2D eigenvalue weighted by Crippen LogP contribution is 2.23. The van der Waals surface area contributed by atoms with Gasteiger partial charge in [-0.2, -0.15) is 16.1 Å². The number of nitrogens with zero attached hydrogens (tertiary/aromatic N) is 2. The topological polar surface area (TPSA) is 95.2 Å². The molecule has 2 N–H and O–H groups in total. The molecular weight excluding hydrogens is 456 g/mol. The molecule has 0 bridgehead atoms. The summed E-state index contributed by atoms with van der Waals surface area (Å²) in [5, 5.41) is 3.07. The third-order valence-corrected chi connectivity index (χ3v) is 8.53. The molecule has 1 aliphatic rings. The molecule has 1 aliphatic heterocycles. The van der Waals surface area contributed by atoms with Crippen molar-refractivity contribution in [3.05, 3.63) is 59.9 Å². The fourth-order valence-electron chi connectivity index (χ4n) is 4.10. The summed E-state index contributed by atoms with van der Waals surface area (Å²) in [6, 6.07) is 13.8. The lowest BCUT2D eigenvalue weighted by Crippen LogP contribution is -2.32. The van der Waals surface area contributed by atoms with Crippen LogP contribution in [0.5, 0.6) is 0 Å². The summed E-state index contributed by atoms with van der Waals surface area (Å²) in [6.07, 6.45) is 6.66. The van der Waals surface area contributed by atoms with Gasteiger partial charge in [0.2, 0.25) is 10.0 Å². The van der Waals surface area contributed by atoms with Crippen LogP contribution in [-0.2, 0) is 10.0 Å². The van der Waals surface area contributed by atoms with Gasteiger partial charge in [0.25, 0.3) is 5.91 Å². The predicted molar refractivity (Wildman–Crippen MR) is 133 cm³/mol. The van der Waals surface area contributed by atoms with Crippen molar-refractivity contribution >= 4 is 38.7 Å². The van der Waals surface area contributed by atoms with Crippen LogP contribution < -0.4 is 5.32 Å². The molecule has 1 fully saturated rings. The van der Waals surface area contributed by atoms with E-state index in [1.165, 1.54) is 12.1 Å². The number of para-hydroxylation sites is 2. The number of aromatic amines is 1. The Balaban J connectivity index is 1.50. The Labute approximate surface area is 199 Å². The third kappa shape index (κ3) is 5.59. The molecule has 0 aliphatic carbocycles. The van der Waals surface area contributed by atoms with Crippen molar-refractivity contribution in [1.29, 1.82) is 0 Å². The quantitative estimate of drug-likeness (QED) is 0.494. The number of carbonyl (C=O) groups is 1. The minimum absolute atomic E-state index is 0.233. The summed E-state index contributed by atoms with van der Waals surface area (Å²) >= 11 is 1.71. The average molecular weight is 487 g/mol. The first kappa shape index (κ1) is 23.8. The second-order valence-electron chi connectivity index (χ2n) is 8.29. The molecule has 0 radical (unpaired) electrons. The number of thioether (sulfide) groups is 1. The molecule has 1 amide bonds. The van der Waals surface area contributed by atoms with Crippen LogP contribution in [0.15, 0.2) is 53.4 Å². The third-order valence-electron chi connectivity index (χ3n) is 5.97. The van der Waals surface area contributed by atoms with Gasteiger partial charge in [0.15, 0.2) is 0 Å². The fourth-order valence-corrected chi connectivity index (χ4v) is 6.09. The molecule has 2 aromatic carbocycles. The standard InChI is InChI=1S/C24H30N4O3S2/c1-32-17-14-22(23-25-20-8-4-5-9-21(20)26-23)27-24(29)18-10-12-19(13-11-18)33(30,31)28-15-6-2-3-7-16-28/h4-5,8-13,22H,2-3,6-7,14-17H2,1H3,(H,25,26)(H,27,29)/t22-/m0/s1. The number of rotatable bonds is 8. The summed E-state index contributed by atoms with van der Waals surface area (Å²) < 4.78 is 27.6. The maximum Gasteiger partial charge on any atom is 0.251 e. The van der Waals surface area contributed by atoms with Crippen molar-refractivity contribution < 1.29 is 13.2 Å². The zero-order valence-electron chi connectivity index (χ0n) is 18.8. The molecule has 1 saturated heterocycles. The Morgan fingerprint density at radius 1 is 1.09 bits per heavy atom. The highest BCUT2D eigenvalue weighted by Gasteiger charge is 2.25. The van der Waals surface area contributed by atoms with Crippen molar-refractivity contribution in [2.45, 2.75) is 43.0 Å². The van der Waals surface area contributed by atoms with Crippen molar-refractivity contribution in [3.8, 4) is 0 Å². The summed E-state index contributed by atoms with van der Waals surface area (Å²) in [5.74, 6) is 1.34. The highest BCUT2D eigenvalue weighted by atomic mass is 32.2. The second kappa shape index (κ2) is 10.7. The van der Waals surface area contributed by atoms with E-state index in [1.54, 1.807) is 28.2 Å². The molecule has 1 aromatic heterocycles. The summed E-state index contributed by atoms with van der Waals surface area (Å²) in [4.78, 5) is 21.2. The minimum atomic E-state index is -3.54. The number of sulfonamides is 1. The number of aromatic nitrogens is 2. The molecule has 1 atom stereocenters. The van der Waals surface area contributed by atoms with Gasteiger partial charge in [-0.25, -0.2) is 13.4 Å². The maximum absolute atomic E-state index is 13.0. The lowest BCUT2D eigenvalue weighted by atomic mass is 10.1. The van der Waals surface area contributed by atoms with Gasteiger partial charge in [-0.15, -0.1) is 0 Å². The Morgan fingerprint density at radius 2 is 1.79 bits per heavy atom. The van der Waals surface area contributed by atoms with E-state index < -0.39 is 10.0 Å². The van der Waals surface area contributed by atoms with Crippen LogP contribution in [-0.4, -0.2) is 53.7 Å². The zero-order valence-corrected chi connectivity index (χ0v) is 20.4. The van der Waals surface area contributed by atoms with E-state index in [4.69, 9.17) is 0 Å². The molecule has 0 saturated carbocycles. The second-order valence-corrected chi connectivity index (χ2v) is 11.2. The normalized spacial score (nSPS) is 16.4. The smallest absolute Gasteiger partial charge is 0.251 e. The van der Waals surface area contributed by atoms with E-state index in [-0.39, 0.29) is 16.8 Å². The molecule has 7 nitrogen and oxygen atoms in total. The summed E-state index contributed by atoms with van der Waals surface area (Å²) in [7, 11) is -3.54. The Morgan fingerprint density at radius 3 is 2.45 bits per heavy atom. The summed E-state index contributed by atoms with van der Waals surface area (Å²) in [5.41, 5.74) is 2.22. The van der Waals surface area contributed by atoms with Crippen molar-refractivity contribution in [1.82, 2.24) is 19.6 Å². The van der Waals surface area contributed by atoms with Gasteiger partial charge in [0.1, 0.15) is 5.82 Å². The van der Waals surface area contributed by atoms with E-state index in [1.807, 2.05) is 30.5 Å². The van der Waals surface area contributed by atoms with Crippen molar-refractivity contribution in [2.24, 2.45) is 0 Å². The Hall–Kier alpha value is -2.36. The predicted octanol–water partition coefficient (Wildman–Crippen LogP) is 4.35. The number of amides is 1. The molecular formula is C24H30N4O3S2. The molecule has 2 heterocycles. The first-order valence-electron chi connectivity index (χ1n) is 11.3. The number of carbonyl (C=O) groups excluding carboxylic acids is 1. The number of hydrogen-bond acceptors (Lipinski definition) is 5. The van der Waals surface area contributed by atoms with Gasteiger partial charge < -0.3 is 10.3 Å². The van der Waals surface area contributed by atoms with Crippen LogP contribution in [0.1, 0.15) is 54.3 Å². The van der Waals surface area contributed by atoms with Gasteiger partial charge in [0.05, 0.1) is 22.0 Å². The number of hydrogen-bond donors (Lipinski definition) is 2. The van der Waals surface area contributed by atoms with E-state index in [0.29, 0.717) is 18.7 Å². The SMILES string of the molecule is CSCC[C@H](NC(=O)c1ccc(S(=O)(=O)N2CCCCCC2)cc1)c1nc2ccccc2[nH]1. The maximum atomic E-state index is 13.0. The lowest BCUT2D eigenvalue weighted by molar-refractivity contribution is 0.0934. The van der Waals surface area contributed by atoms with Crippen LogP contribution >= 0.6 is 11.8 Å². The average Bonchev–Trinajstić information content (AvgIpc) is 3.06. The Kier molecular flexibility index (Phi) is 7.72. The number of fused-ring (bicyclic) bond motifs is 1. The van der Waals surface area contributed by atoms with E-state index in [0.717, 1.165) is 54.7 Å². The van der Waals surface area contributed by atoms with Crippen molar-refractivity contribution in [3.63, 3.8) is 0 Å². The number of benzene rings is 2. The van der Waals surface area contributed by atoms with Gasteiger partial charge in [-0.3, -0.25) is 4.79 Å². The van der Waals surface area contributed by atoms with Crippen molar-refractivity contribution in [2.75, 3.05) is 25.1 Å². The van der Waals surface area contributed by atoms with Gasteiger partial charge in [0, 0.05) is 18.7 Å². The van der Waals surface area contributed by atoms with E-state index in [9.17, 15) is 13.2 Å². The van der Waals surface area contributed by atoms with Crippen LogP contribution in [0.25, 0.3) is 11.0 Å². The van der Waals surface area contributed by atoms with Crippen LogP contribution in [0.4, 0.5) is 0 Å². The van der Waals surface area contributed by atoms with Crippen LogP contribution in [0.2, 0.25) is 0 Å². The molecule has 33 heavy (non-hydrogen) atoms. The minimum Gasteiger partial charge on any atom is -0.342 e. The number of H-pyrrole nitrogens is 1. The van der Waals surface area contributed by atoms with Gasteiger partial charge in [-0.1, -0.05) is 25.0 Å². The monoisotopic (exact) mass is 486 g/mol. The fraction of sp³-hybridized carbons (Fsp3) is 0.417. The molecule has 0 unspecified atom stereocenters. The first-order chi connectivity index (χ1) is 16.0. The summed E-state index contributed by atoms with van der Waals surface area (Å²) in [6.45, 7) is 1.11. The van der Waals surface area contributed by atoms with Crippen LogP contribution in [0.3, 0.4) is 0 Å². The number of nitrogens with one attached hydrogen (secondary N) is 2. The molecule has 9 heteroatoms. The largest absolute Gasteiger partial charge is 0.342 e. The highest BCUT2D eigenvalue weighted by molar-refractivity contribution is 7.98. The number of imidazole rings is 1. The van der Waals surface area contributed by atoms with Crippen LogP contribution in [0, 0.1) is 0 Å². The first-order valence-corrected chi connectivity index (χ1v) is 14.2.